The van der Waals surface area contributed by atoms with Crippen LogP contribution >= 0.6 is 0 Å². The second kappa shape index (κ2) is 7.05. The van der Waals surface area contributed by atoms with Crippen molar-refractivity contribution < 1.29 is 9.90 Å². The van der Waals surface area contributed by atoms with Gasteiger partial charge in [0.25, 0.3) is 0 Å². The molecule has 2 aliphatic rings. The van der Waals surface area contributed by atoms with Crippen LogP contribution in [-0.4, -0.2) is 66.6 Å². The highest BCUT2D eigenvalue weighted by Gasteiger charge is 2.30. The van der Waals surface area contributed by atoms with Crippen molar-refractivity contribution in [1.29, 1.82) is 0 Å². The lowest BCUT2D eigenvalue weighted by Gasteiger charge is -2.30. The van der Waals surface area contributed by atoms with Crippen LogP contribution in [-0.2, 0) is 0 Å². The summed E-state index contributed by atoms with van der Waals surface area (Å²) in [5, 5.41) is 21.4. The first-order valence-corrected chi connectivity index (χ1v) is 10.1. The Hall–Kier alpha value is -2.68. The Balaban J connectivity index is 1.23. The van der Waals surface area contributed by atoms with E-state index in [2.05, 4.69) is 30.5 Å². The van der Waals surface area contributed by atoms with Crippen LogP contribution in [0.25, 0.3) is 16.6 Å². The predicted molar refractivity (Wildman–Crippen MR) is 103 cm³/mol. The Morgan fingerprint density at radius 1 is 1.29 bits per heavy atom. The van der Waals surface area contributed by atoms with Gasteiger partial charge in [-0.15, -0.1) is 5.10 Å². The van der Waals surface area contributed by atoms with Gasteiger partial charge < -0.3 is 20.3 Å². The molecule has 1 saturated carbocycles. The van der Waals surface area contributed by atoms with Crippen LogP contribution in [0.2, 0.25) is 0 Å². The zero-order valence-electron chi connectivity index (χ0n) is 15.7. The summed E-state index contributed by atoms with van der Waals surface area (Å²) in [4.78, 5) is 20.8. The first kappa shape index (κ1) is 17.4. The lowest BCUT2D eigenvalue weighted by Crippen LogP contribution is -2.37. The van der Waals surface area contributed by atoms with Gasteiger partial charge in [-0.3, -0.25) is 0 Å². The molecule has 0 aromatic carbocycles. The molecule has 3 aromatic heterocycles. The highest BCUT2D eigenvalue weighted by Crippen LogP contribution is 2.38. The molecule has 9 heteroatoms. The Labute approximate surface area is 162 Å². The fraction of sp³-hybridized carbons (Fsp3) is 0.579. The average molecular weight is 383 g/mol. The number of aromatic nitrogens is 5. The average Bonchev–Trinajstić information content (AvgIpc) is 3.40. The molecule has 9 nitrogen and oxygen atoms in total. The Morgan fingerprint density at radius 2 is 2.14 bits per heavy atom. The van der Waals surface area contributed by atoms with Crippen molar-refractivity contribution in [1.82, 2.24) is 35.0 Å². The Morgan fingerprint density at radius 3 is 2.96 bits per heavy atom. The van der Waals surface area contributed by atoms with Gasteiger partial charge in [-0.25, -0.2) is 14.3 Å². The summed E-state index contributed by atoms with van der Waals surface area (Å²) < 4.78 is 1.79. The number of aromatic amines is 1. The third-order valence-electron chi connectivity index (χ3n) is 6.35. The fourth-order valence-electron chi connectivity index (χ4n) is 4.97. The Kier molecular flexibility index (Phi) is 4.38. The molecule has 0 spiro atoms. The van der Waals surface area contributed by atoms with Crippen molar-refractivity contribution in [3.63, 3.8) is 0 Å². The normalized spacial score (nSPS) is 26.2. The zero-order chi connectivity index (χ0) is 19.1. The van der Waals surface area contributed by atoms with Crippen molar-refractivity contribution in [2.24, 2.45) is 5.92 Å². The fourth-order valence-corrected chi connectivity index (χ4v) is 4.97. The van der Waals surface area contributed by atoms with Crippen molar-refractivity contribution >= 4 is 22.6 Å². The third-order valence-corrected chi connectivity index (χ3v) is 6.35. The van der Waals surface area contributed by atoms with Gasteiger partial charge in [-0.2, -0.15) is 0 Å². The topological polar surface area (TPSA) is 111 Å². The van der Waals surface area contributed by atoms with Crippen molar-refractivity contribution in [3.05, 3.63) is 24.3 Å². The van der Waals surface area contributed by atoms with E-state index >= 15 is 0 Å². The van der Waals surface area contributed by atoms with Gasteiger partial charge in [0.05, 0.1) is 5.69 Å². The summed E-state index contributed by atoms with van der Waals surface area (Å²) in [5.41, 5.74) is 3.05. The second-order valence-electron chi connectivity index (χ2n) is 8.16. The zero-order valence-corrected chi connectivity index (χ0v) is 15.7. The molecule has 3 N–H and O–H groups in total. The van der Waals surface area contributed by atoms with Crippen LogP contribution < -0.4 is 5.32 Å². The lowest BCUT2D eigenvalue weighted by atomic mass is 9.80. The minimum atomic E-state index is -0.917. The number of nitrogens with one attached hydrogen (secondary N) is 2. The van der Waals surface area contributed by atoms with Gasteiger partial charge in [0.2, 0.25) is 0 Å². The lowest BCUT2D eigenvalue weighted by molar-refractivity contribution is 0.187. The van der Waals surface area contributed by atoms with Gasteiger partial charge in [0.1, 0.15) is 17.5 Å². The molecular weight excluding hydrogens is 358 g/mol. The number of amides is 1. The number of carboxylic acid groups (broad SMARTS) is 1. The highest BCUT2D eigenvalue weighted by molar-refractivity contribution is 5.92. The number of rotatable bonds is 4. The van der Waals surface area contributed by atoms with E-state index in [1.165, 1.54) is 12.8 Å². The highest BCUT2D eigenvalue weighted by atomic mass is 16.4. The smallest absolute Gasteiger partial charge is 0.404 e. The SMILES string of the molecule is O=C(O)N[C@H]1CCN(C[C@H]2CC[C@H](c3nnn4cnc5[nH]ccc5c34)CC2)C1. The van der Waals surface area contributed by atoms with Gasteiger partial charge in [0, 0.05) is 43.2 Å². The molecule has 2 fully saturated rings. The molecule has 1 aliphatic carbocycles. The van der Waals surface area contributed by atoms with Gasteiger partial charge in [0.15, 0.2) is 0 Å². The number of fused-ring (bicyclic) bond motifs is 3. The first-order chi connectivity index (χ1) is 13.7. The minimum absolute atomic E-state index is 0.0780. The molecule has 1 saturated heterocycles. The van der Waals surface area contributed by atoms with Crippen molar-refractivity contribution in [3.8, 4) is 0 Å². The number of nitrogens with zero attached hydrogens (tertiary/aromatic N) is 5. The van der Waals surface area contributed by atoms with Crippen LogP contribution in [0, 0.1) is 5.92 Å². The summed E-state index contributed by atoms with van der Waals surface area (Å²) in [6.45, 7) is 2.89. The number of hydrogen-bond acceptors (Lipinski definition) is 5. The van der Waals surface area contributed by atoms with Crippen LogP contribution in [0.3, 0.4) is 0 Å². The molecule has 0 unspecified atom stereocenters. The number of hydrogen-bond donors (Lipinski definition) is 3. The van der Waals surface area contributed by atoms with Crippen molar-refractivity contribution in [2.45, 2.75) is 44.1 Å². The van der Waals surface area contributed by atoms with Crippen LogP contribution in [0.15, 0.2) is 18.6 Å². The van der Waals surface area contributed by atoms with E-state index in [0.29, 0.717) is 11.8 Å². The molecule has 28 heavy (non-hydrogen) atoms. The standard InChI is InChI=1S/C19H25N7O2/c27-19(28)22-14-6-8-25(10-14)9-12-1-3-13(4-2-12)16-17-15-5-7-20-18(15)21-11-26(17)24-23-16/h5,7,11-14,20,22H,1-4,6,8-10H2,(H,27,28)/t12-,13-,14-/m0/s1. The molecule has 1 amide bonds. The third kappa shape index (κ3) is 3.19. The molecule has 5 rings (SSSR count). The summed E-state index contributed by atoms with van der Waals surface area (Å²) in [6, 6.07) is 2.12. The van der Waals surface area contributed by atoms with Crippen molar-refractivity contribution in [2.75, 3.05) is 19.6 Å². The van der Waals surface area contributed by atoms with E-state index in [0.717, 1.165) is 61.1 Å². The molecule has 0 radical (unpaired) electrons. The van der Waals surface area contributed by atoms with Gasteiger partial charge in [-0.05, 0) is 44.1 Å². The van der Waals surface area contributed by atoms with E-state index in [-0.39, 0.29) is 6.04 Å². The largest absolute Gasteiger partial charge is 0.465 e. The van der Waals surface area contributed by atoms with Gasteiger partial charge >= 0.3 is 6.09 Å². The number of likely N-dealkylation sites (tertiary alicyclic amines) is 1. The summed E-state index contributed by atoms with van der Waals surface area (Å²) in [6.07, 6.45) is 8.24. The van der Waals surface area contributed by atoms with E-state index < -0.39 is 6.09 Å². The molecular formula is C19H25N7O2. The maximum atomic E-state index is 10.8. The molecule has 1 atom stereocenters. The summed E-state index contributed by atoms with van der Waals surface area (Å²) in [5.74, 6) is 1.12. The van der Waals surface area contributed by atoms with E-state index in [4.69, 9.17) is 5.11 Å². The monoisotopic (exact) mass is 383 g/mol. The number of carbonyl (C=O) groups is 1. The predicted octanol–water partition coefficient (Wildman–Crippen LogP) is 2.22. The minimum Gasteiger partial charge on any atom is -0.465 e. The second-order valence-corrected chi connectivity index (χ2v) is 8.16. The van der Waals surface area contributed by atoms with Crippen LogP contribution in [0.4, 0.5) is 4.79 Å². The quantitative estimate of drug-likeness (QED) is 0.637. The van der Waals surface area contributed by atoms with Gasteiger partial charge in [-0.1, -0.05) is 5.21 Å². The van der Waals surface area contributed by atoms with E-state index in [1.807, 2.05) is 12.3 Å². The first-order valence-electron chi connectivity index (χ1n) is 10.1. The molecule has 1 aliphatic heterocycles. The Bertz CT molecular complexity index is 989. The summed E-state index contributed by atoms with van der Waals surface area (Å²) >= 11 is 0. The number of H-pyrrole nitrogens is 1. The van der Waals surface area contributed by atoms with E-state index in [9.17, 15) is 4.79 Å². The molecule has 148 valence electrons. The van der Waals surface area contributed by atoms with Crippen LogP contribution in [0.5, 0.6) is 0 Å². The summed E-state index contributed by atoms with van der Waals surface area (Å²) in [7, 11) is 0. The maximum absolute atomic E-state index is 10.8. The molecule has 4 heterocycles. The van der Waals surface area contributed by atoms with E-state index in [1.54, 1.807) is 10.8 Å². The maximum Gasteiger partial charge on any atom is 0.404 e. The molecule has 3 aromatic rings. The molecule has 0 bridgehead atoms. The van der Waals surface area contributed by atoms with Crippen LogP contribution in [0.1, 0.15) is 43.7 Å².